The number of amides is 1. The molecule has 4 rings (SSSR count). The van der Waals surface area contributed by atoms with Gasteiger partial charge in [0.15, 0.2) is 11.5 Å². The quantitative estimate of drug-likeness (QED) is 0.710. The van der Waals surface area contributed by atoms with Crippen molar-refractivity contribution >= 4 is 28.6 Å². The van der Waals surface area contributed by atoms with E-state index in [0.29, 0.717) is 65.9 Å². The van der Waals surface area contributed by atoms with Gasteiger partial charge in [-0.05, 0) is 25.1 Å². The molecular weight excluding hydrogens is 382 g/mol. The summed E-state index contributed by atoms with van der Waals surface area (Å²) in [5.41, 5.74) is 8.74. The predicted octanol–water partition coefficient (Wildman–Crippen LogP) is 2.50. The molecule has 0 bridgehead atoms. The summed E-state index contributed by atoms with van der Waals surface area (Å²) in [7, 11) is 3.16. The number of carbonyl (C=O) groups excluding carboxylic acids is 1. The second-order valence-electron chi connectivity index (χ2n) is 7.28. The number of nitrogens with two attached hydrogens (primary N) is 1. The number of benzene rings is 2. The number of methoxy groups -OCH3 is 2. The van der Waals surface area contributed by atoms with Gasteiger partial charge in [0, 0.05) is 43.2 Å². The Labute approximate surface area is 175 Å². The fourth-order valence-corrected chi connectivity index (χ4v) is 3.60. The van der Waals surface area contributed by atoms with Gasteiger partial charge >= 0.3 is 0 Å². The fourth-order valence-electron chi connectivity index (χ4n) is 3.60. The number of fused-ring (bicyclic) bond motifs is 1. The molecule has 1 aliphatic heterocycles. The van der Waals surface area contributed by atoms with Crippen molar-refractivity contribution in [1.29, 1.82) is 0 Å². The first-order valence-corrected chi connectivity index (χ1v) is 9.80. The number of nitrogen functional groups attached to an aromatic ring is 1. The first-order valence-electron chi connectivity index (χ1n) is 9.80. The summed E-state index contributed by atoms with van der Waals surface area (Å²) in [5.74, 6) is 2.15. The van der Waals surface area contributed by atoms with Crippen LogP contribution in [-0.4, -0.2) is 61.2 Å². The van der Waals surface area contributed by atoms with Gasteiger partial charge in [0.2, 0.25) is 5.95 Å². The minimum Gasteiger partial charge on any atom is -0.493 e. The molecule has 0 saturated carbocycles. The molecule has 3 aromatic rings. The van der Waals surface area contributed by atoms with E-state index in [1.54, 1.807) is 26.4 Å². The molecule has 1 fully saturated rings. The topological polar surface area (TPSA) is 93.8 Å². The fraction of sp³-hybridized carbons (Fsp3) is 0.318. The number of hydrogen-bond donors (Lipinski definition) is 1. The van der Waals surface area contributed by atoms with Crippen LogP contribution < -0.4 is 20.1 Å². The minimum atomic E-state index is 0.0467. The number of hydrogen-bond acceptors (Lipinski definition) is 7. The van der Waals surface area contributed by atoms with E-state index < -0.39 is 0 Å². The Hall–Kier alpha value is -3.55. The van der Waals surface area contributed by atoms with Crippen LogP contribution in [0.3, 0.4) is 0 Å². The number of aryl methyl sites for hydroxylation is 1. The molecule has 0 unspecified atom stereocenters. The Bertz CT molecular complexity index is 1080. The second-order valence-corrected chi connectivity index (χ2v) is 7.28. The number of nitrogens with zero attached hydrogens (tertiary/aromatic N) is 4. The van der Waals surface area contributed by atoms with E-state index in [2.05, 4.69) is 9.97 Å². The van der Waals surface area contributed by atoms with E-state index >= 15 is 0 Å². The van der Waals surface area contributed by atoms with Crippen molar-refractivity contribution in [3.8, 4) is 11.5 Å². The molecule has 0 atom stereocenters. The molecule has 0 aliphatic carbocycles. The average molecular weight is 407 g/mol. The highest BCUT2D eigenvalue weighted by atomic mass is 16.5. The highest BCUT2D eigenvalue weighted by molar-refractivity contribution is 5.94. The smallest absolute Gasteiger partial charge is 0.253 e. The van der Waals surface area contributed by atoms with Crippen LogP contribution in [0, 0.1) is 6.92 Å². The molecule has 1 amide bonds. The normalized spacial score (nSPS) is 14.1. The van der Waals surface area contributed by atoms with Crippen LogP contribution in [0.1, 0.15) is 15.9 Å². The molecule has 0 spiro atoms. The van der Waals surface area contributed by atoms with Crippen molar-refractivity contribution in [3.05, 3.63) is 47.5 Å². The first kappa shape index (κ1) is 19.8. The molecule has 2 heterocycles. The van der Waals surface area contributed by atoms with Gasteiger partial charge < -0.3 is 25.0 Å². The highest BCUT2D eigenvalue weighted by Crippen LogP contribution is 2.34. The summed E-state index contributed by atoms with van der Waals surface area (Å²) in [6.07, 6.45) is 0. The maximum Gasteiger partial charge on any atom is 0.253 e. The lowest BCUT2D eigenvalue weighted by Gasteiger charge is -2.35. The molecule has 1 aromatic heterocycles. The number of carbonyl (C=O) groups is 1. The van der Waals surface area contributed by atoms with Gasteiger partial charge in [-0.2, -0.15) is 4.98 Å². The van der Waals surface area contributed by atoms with Crippen LogP contribution >= 0.6 is 0 Å². The molecule has 1 aliphatic rings. The maximum atomic E-state index is 12.7. The maximum absolute atomic E-state index is 12.7. The zero-order valence-electron chi connectivity index (χ0n) is 17.4. The summed E-state index contributed by atoms with van der Waals surface area (Å²) in [4.78, 5) is 25.8. The third kappa shape index (κ3) is 3.68. The van der Waals surface area contributed by atoms with Crippen LogP contribution in [0.5, 0.6) is 11.5 Å². The molecule has 8 nitrogen and oxygen atoms in total. The Kier molecular flexibility index (Phi) is 5.31. The lowest BCUT2D eigenvalue weighted by Crippen LogP contribution is -2.49. The van der Waals surface area contributed by atoms with Crippen molar-refractivity contribution in [3.63, 3.8) is 0 Å². The van der Waals surface area contributed by atoms with Crippen molar-refractivity contribution in [2.45, 2.75) is 6.92 Å². The van der Waals surface area contributed by atoms with E-state index in [9.17, 15) is 4.79 Å². The minimum absolute atomic E-state index is 0.0467. The van der Waals surface area contributed by atoms with E-state index in [1.807, 2.05) is 41.0 Å². The van der Waals surface area contributed by atoms with E-state index in [0.717, 1.165) is 5.56 Å². The lowest BCUT2D eigenvalue weighted by atomic mass is 10.1. The third-order valence-electron chi connectivity index (χ3n) is 5.37. The number of aromatic nitrogens is 2. The van der Waals surface area contributed by atoms with E-state index in [1.165, 1.54) is 0 Å². The van der Waals surface area contributed by atoms with Gasteiger partial charge in [0.25, 0.3) is 5.91 Å². The lowest BCUT2D eigenvalue weighted by molar-refractivity contribution is 0.0746. The van der Waals surface area contributed by atoms with Crippen LogP contribution in [0.2, 0.25) is 0 Å². The van der Waals surface area contributed by atoms with E-state index in [-0.39, 0.29) is 5.91 Å². The summed E-state index contributed by atoms with van der Waals surface area (Å²) in [6.45, 7) is 4.47. The third-order valence-corrected chi connectivity index (χ3v) is 5.37. The first-order chi connectivity index (χ1) is 14.5. The number of anilines is 2. The monoisotopic (exact) mass is 407 g/mol. The Morgan fingerprint density at radius 1 is 0.967 bits per heavy atom. The number of ether oxygens (including phenoxy) is 2. The largest absolute Gasteiger partial charge is 0.493 e. The second kappa shape index (κ2) is 8.06. The van der Waals surface area contributed by atoms with Crippen LogP contribution in [0.15, 0.2) is 36.4 Å². The molecule has 1 saturated heterocycles. The molecule has 8 heteroatoms. The van der Waals surface area contributed by atoms with Crippen LogP contribution in [0.25, 0.3) is 10.9 Å². The van der Waals surface area contributed by atoms with Crippen molar-refractivity contribution < 1.29 is 14.3 Å². The van der Waals surface area contributed by atoms with Crippen LogP contribution in [0.4, 0.5) is 11.8 Å². The predicted molar refractivity (Wildman–Crippen MR) is 116 cm³/mol. The Balaban J connectivity index is 1.53. The van der Waals surface area contributed by atoms with Crippen molar-refractivity contribution in [2.24, 2.45) is 0 Å². The highest BCUT2D eigenvalue weighted by Gasteiger charge is 2.24. The zero-order chi connectivity index (χ0) is 21.3. The van der Waals surface area contributed by atoms with Gasteiger partial charge in [-0.15, -0.1) is 0 Å². The molecule has 2 N–H and O–H groups in total. The number of rotatable bonds is 4. The molecule has 30 heavy (non-hydrogen) atoms. The summed E-state index contributed by atoms with van der Waals surface area (Å²) < 4.78 is 10.7. The summed E-state index contributed by atoms with van der Waals surface area (Å²) in [5, 5.41) is 0.713. The Morgan fingerprint density at radius 2 is 1.60 bits per heavy atom. The van der Waals surface area contributed by atoms with Gasteiger partial charge in [0.1, 0.15) is 5.82 Å². The summed E-state index contributed by atoms with van der Waals surface area (Å²) in [6, 6.07) is 11.2. The van der Waals surface area contributed by atoms with E-state index in [4.69, 9.17) is 15.2 Å². The van der Waals surface area contributed by atoms with Crippen molar-refractivity contribution in [1.82, 2.24) is 14.9 Å². The standard InChI is InChI=1S/C22H25N5O3/c1-14-4-6-15(7-5-14)21(28)26-8-10-27(11-9-26)22-24-17-13-19(30-3)18(29-2)12-16(17)20(23)25-22/h4-7,12-13H,8-11H2,1-3H3,(H2,23,24,25). The zero-order valence-corrected chi connectivity index (χ0v) is 17.4. The van der Waals surface area contributed by atoms with Crippen LogP contribution in [-0.2, 0) is 0 Å². The van der Waals surface area contributed by atoms with Gasteiger partial charge in [-0.3, -0.25) is 4.79 Å². The summed E-state index contributed by atoms with van der Waals surface area (Å²) >= 11 is 0. The molecule has 2 aromatic carbocycles. The van der Waals surface area contributed by atoms with Gasteiger partial charge in [-0.25, -0.2) is 4.98 Å². The molecule has 156 valence electrons. The Morgan fingerprint density at radius 3 is 2.23 bits per heavy atom. The van der Waals surface area contributed by atoms with Gasteiger partial charge in [-0.1, -0.05) is 17.7 Å². The van der Waals surface area contributed by atoms with Gasteiger partial charge in [0.05, 0.1) is 19.7 Å². The van der Waals surface area contributed by atoms with Crippen molar-refractivity contribution in [2.75, 3.05) is 51.0 Å². The average Bonchev–Trinajstić information content (AvgIpc) is 2.78. The molecule has 0 radical (unpaired) electrons. The molecular formula is C22H25N5O3. The number of piperazine rings is 1. The SMILES string of the molecule is COc1cc2nc(N3CCN(C(=O)c4ccc(C)cc4)CC3)nc(N)c2cc1OC.